The molecule has 4 rings (SSSR count). The molecular formula is C20H15N3O2S. The van der Waals surface area contributed by atoms with Gasteiger partial charge in [-0.2, -0.15) is 5.26 Å². The SMILES string of the molecule is N#Cc1cccc(C2=NCC(c3cccs3)(c3cc(O)ccc3O)N2)c1. The van der Waals surface area contributed by atoms with Crippen LogP contribution < -0.4 is 5.32 Å². The van der Waals surface area contributed by atoms with Crippen molar-refractivity contribution in [3.8, 4) is 17.6 Å². The van der Waals surface area contributed by atoms with Gasteiger partial charge in [-0.1, -0.05) is 18.2 Å². The Balaban J connectivity index is 1.81. The number of rotatable bonds is 3. The van der Waals surface area contributed by atoms with Gasteiger partial charge in [-0.3, -0.25) is 4.99 Å². The van der Waals surface area contributed by atoms with Gasteiger partial charge < -0.3 is 15.5 Å². The van der Waals surface area contributed by atoms with Gasteiger partial charge in [-0.25, -0.2) is 0 Å². The number of hydrogen-bond acceptors (Lipinski definition) is 6. The summed E-state index contributed by atoms with van der Waals surface area (Å²) < 4.78 is 0. The van der Waals surface area contributed by atoms with Crippen molar-refractivity contribution in [1.29, 1.82) is 5.26 Å². The molecule has 1 aromatic heterocycles. The summed E-state index contributed by atoms with van der Waals surface area (Å²) in [4.78, 5) is 5.63. The van der Waals surface area contributed by atoms with Gasteiger partial charge in [0.25, 0.3) is 0 Å². The van der Waals surface area contributed by atoms with Crippen molar-refractivity contribution in [2.45, 2.75) is 5.54 Å². The normalized spacial score (nSPS) is 18.8. The third-order valence-corrected chi connectivity index (χ3v) is 5.48. The average molecular weight is 361 g/mol. The van der Waals surface area contributed by atoms with E-state index in [1.807, 2.05) is 29.6 Å². The molecular weight excluding hydrogens is 346 g/mol. The van der Waals surface area contributed by atoms with Crippen molar-refractivity contribution in [1.82, 2.24) is 5.32 Å². The lowest BCUT2D eigenvalue weighted by Gasteiger charge is -2.30. The van der Waals surface area contributed by atoms with Crippen molar-refractivity contribution >= 4 is 17.2 Å². The highest BCUT2D eigenvalue weighted by Crippen LogP contribution is 2.41. The molecule has 0 radical (unpaired) electrons. The third-order valence-electron chi connectivity index (χ3n) is 4.45. The number of phenolic OH excluding ortho intramolecular Hbond substituents is 2. The quantitative estimate of drug-likeness (QED) is 0.625. The van der Waals surface area contributed by atoms with E-state index in [0.29, 0.717) is 23.5 Å². The molecule has 3 aromatic rings. The number of nitrogens with zero attached hydrogens (tertiary/aromatic N) is 2. The van der Waals surface area contributed by atoms with Gasteiger partial charge in [0.05, 0.1) is 18.2 Å². The number of nitriles is 1. The summed E-state index contributed by atoms with van der Waals surface area (Å²) in [6, 6.07) is 17.8. The highest BCUT2D eigenvalue weighted by molar-refractivity contribution is 7.10. The standard InChI is InChI=1S/C20H15N3O2S/c21-11-13-3-1-4-14(9-13)19-22-12-20(23-19,18-5-2-8-26-18)16-10-15(24)6-7-17(16)25/h1-10,24-25H,12H2,(H,22,23). The van der Waals surface area contributed by atoms with E-state index in [9.17, 15) is 10.2 Å². The molecule has 0 spiro atoms. The van der Waals surface area contributed by atoms with Gasteiger partial charge in [0.1, 0.15) is 22.9 Å². The highest BCUT2D eigenvalue weighted by atomic mass is 32.1. The molecule has 2 aromatic carbocycles. The Kier molecular flexibility index (Phi) is 3.86. The fourth-order valence-electron chi connectivity index (χ4n) is 3.19. The number of amidine groups is 1. The van der Waals surface area contributed by atoms with E-state index in [2.05, 4.69) is 16.4 Å². The molecule has 1 aliphatic rings. The van der Waals surface area contributed by atoms with Crippen LogP contribution in [0.4, 0.5) is 0 Å². The van der Waals surface area contributed by atoms with Crippen LogP contribution in [-0.4, -0.2) is 22.6 Å². The van der Waals surface area contributed by atoms with Gasteiger partial charge in [-0.15, -0.1) is 11.3 Å². The van der Waals surface area contributed by atoms with Crippen LogP contribution in [0.3, 0.4) is 0 Å². The Bertz CT molecular complexity index is 1040. The highest BCUT2D eigenvalue weighted by Gasteiger charge is 2.42. The first kappa shape index (κ1) is 16.2. The van der Waals surface area contributed by atoms with Crippen LogP contribution in [0.15, 0.2) is 65.0 Å². The van der Waals surface area contributed by atoms with Crippen molar-refractivity contribution in [2.75, 3.05) is 6.54 Å². The second-order valence-corrected chi connectivity index (χ2v) is 7.01. The summed E-state index contributed by atoms with van der Waals surface area (Å²) in [7, 11) is 0. The summed E-state index contributed by atoms with van der Waals surface area (Å²) in [5, 5.41) is 34.9. The number of aliphatic imine (C=N–C) groups is 1. The number of nitrogens with one attached hydrogen (secondary N) is 1. The number of thiophene rings is 1. The molecule has 0 saturated carbocycles. The van der Waals surface area contributed by atoms with Crippen LogP contribution in [0.5, 0.6) is 11.5 Å². The van der Waals surface area contributed by atoms with E-state index in [4.69, 9.17) is 5.26 Å². The minimum Gasteiger partial charge on any atom is -0.508 e. The van der Waals surface area contributed by atoms with Gasteiger partial charge in [-0.05, 0) is 41.8 Å². The number of aromatic hydroxyl groups is 2. The topological polar surface area (TPSA) is 88.6 Å². The van der Waals surface area contributed by atoms with Gasteiger partial charge in [0.2, 0.25) is 0 Å². The molecule has 1 atom stereocenters. The summed E-state index contributed by atoms with van der Waals surface area (Å²) in [6.07, 6.45) is 0. The molecule has 0 saturated heterocycles. The molecule has 26 heavy (non-hydrogen) atoms. The van der Waals surface area contributed by atoms with E-state index in [-0.39, 0.29) is 11.5 Å². The first-order valence-corrected chi connectivity index (χ1v) is 8.90. The zero-order chi connectivity index (χ0) is 18.1. The Hall–Kier alpha value is -3.30. The Labute approximate surface area is 154 Å². The minimum absolute atomic E-state index is 0.0791. The zero-order valence-corrected chi connectivity index (χ0v) is 14.5. The van der Waals surface area contributed by atoms with Crippen molar-refractivity contribution in [3.05, 3.63) is 81.5 Å². The van der Waals surface area contributed by atoms with E-state index >= 15 is 0 Å². The fraction of sp³-hybridized carbons (Fsp3) is 0.100. The second kappa shape index (κ2) is 6.21. The molecule has 3 N–H and O–H groups in total. The lowest BCUT2D eigenvalue weighted by molar-refractivity contribution is 0.427. The lowest BCUT2D eigenvalue weighted by Crippen LogP contribution is -2.43. The largest absolute Gasteiger partial charge is 0.508 e. The summed E-state index contributed by atoms with van der Waals surface area (Å²) in [6.45, 7) is 0.372. The van der Waals surface area contributed by atoms with Gasteiger partial charge in [0.15, 0.2) is 0 Å². The smallest absolute Gasteiger partial charge is 0.129 e. The van der Waals surface area contributed by atoms with E-state index in [0.717, 1.165) is 10.4 Å². The van der Waals surface area contributed by atoms with Gasteiger partial charge in [0, 0.05) is 16.0 Å². The average Bonchev–Trinajstić information content (AvgIpc) is 3.34. The molecule has 128 valence electrons. The van der Waals surface area contributed by atoms with Crippen LogP contribution in [-0.2, 0) is 5.54 Å². The molecule has 0 bridgehead atoms. The van der Waals surface area contributed by atoms with Crippen molar-refractivity contribution < 1.29 is 10.2 Å². The summed E-state index contributed by atoms with van der Waals surface area (Å²) >= 11 is 1.55. The molecule has 0 fully saturated rings. The van der Waals surface area contributed by atoms with Crippen LogP contribution >= 0.6 is 11.3 Å². The third kappa shape index (κ3) is 2.59. The maximum absolute atomic E-state index is 10.5. The van der Waals surface area contributed by atoms with Crippen LogP contribution in [0.1, 0.15) is 21.6 Å². The molecule has 6 heteroatoms. The van der Waals surface area contributed by atoms with Crippen molar-refractivity contribution in [3.63, 3.8) is 0 Å². The first-order valence-electron chi connectivity index (χ1n) is 8.02. The molecule has 0 amide bonds. The second-order valence-electron chi connectivity index (χ2n) is 6.07. The summed E-state index contributed by atoms with van der Waals surface area (Å²) in [5.41, 5.74) is 1.16. The Morgan fingerprint density at radius 2 is 2.00 bits per heavy atom. The number of benzene rings is 2. The van der Waals surface area contributed by atoms with Crippen molar-refractivity contribution in [2.24, 2.45) is 4.99 Å². The van der Waals surface area contributed by atoms with Crippen LogP contribution in [0.25, 0.3) is 0 Å². The Morgan fingerprint density at radius 3 is 2.77 bits per heavy atom. The van der Waals surface area contributed by atoms with E-state index in [1.165, 1.54) is 12.1 Å². The minimum atomic E-state index is -0.769. The molecule has 1 unspecified atom stereocenters. The van der Waals surface area contributed by atoms with E-state index in [1.54, 1.807) is 29.5 Å². The first-order chi connectivity index (χ1) is 12.6. The fourth-order valence-corrected chi connectivity index (χ4v) is 4.08. The van der Waals surface area contributed by atoms with Gasteiger partial charge >= 0.3 is 0 Å². The predicted octanol–water partition coefficient (Wildman–Crippen LogP) is 3.32. The Morgan fingerprint density at radius 1 is 1.12 bits per heavy atom. The van der Waals surface area contributed by atoms with E-state index < -0.39 is 5.54 Å². The maximum atomic E-state index is 10.5. The monoisotopic (exact) mass is 361 g/mol. The number of hydrogen-bond donors (Lipinski definition) is 3. The summed E-state index contributed by atoms with van der Waals surface area (Å²) in [5.74, 6) is 0.819. The number of phenols is 2. The maximum Gasteiger partial charge on any atom is 0.129 e. The molecule has 5 nitrogen and oxygen atoms in total. The van der Waals surface area contributed by atoms with Crippen LogP contribution in [0.2, 0.25) is 0 Å². The molecule has 0 aliphatic carbocycles. The molecule has 1 aliphatic heterocycles. The van der Waals surface area contributed by atoms with Crippen LogP contribution in [0, 0.1) is 11.3 Å². The lowest BCUT2D eigenvalue weighted by atomic mass is 9.87. The predicted molar refractivity (Wildman–Crippen MR) is 101 cm³/mol. The zero-order valence-electron chi connectivity index (χ0n) is 13.7. The molecule has 2 heterocycles.